The van der Waals surface area contributed by atoms with E-state index in [2.05, 4.69) is 9.97 Å². The van der Waals surface area contributed by atoms with Crippen LogP contribution in [-0.4, -0.2) is 40.9 Å². The van der Waals surface area contributed by atoms with Crippen molar-refractivity contribution >= 4 is 35.1 Å². The number of anilines is 1. The molecule has 25 heavy (non-hydrogen) atoms. The van der Waals surface area contributed by atoms with E-state index in [9.17, 15) is 9.18 Å². The third-order valence-electron chi connectivity index (χ3n) is 4.13. The Hall–Kier alpha value is -1.92. The van der Waals surface area contributed by atoms with Gasteiger partial charge in [0.2, 0.25) is 5.95 Å². The van der Waals surface area contributed by atoms with Crippen LogP contribution in [0.1, 0.15) is 28.9 Å². The van der Waals surface area contributed by atoms with Gasteiger partial charge in [0.1, 0.15) is 5.82 Å². The van der Waals surface area contributed by atoms with Crippen molar-refractivity contribution in [2.45, 2.75) is 19.4 Å². The maximum absolute atomic E-state index is 13.9. The van der Waals surface area contributed by atoms with Crippen molar-refractivity contribution in [1.29, 1.82) is 0 Å². The van der Waals surface area contributed by atoms with Crippen LogP contribution >= 0.6 is 23.2 Å². The normalized spacial score (nSPS) is 14.0. The quantitative estimate of drug-likeness (QED) is 0.806. The highest BCUT2D eigenvalue weighted by atomic mass is 35.5. The van der Waals surface area contributed by atoms with Gasteiger partial charge >= 0.3 is 0 Å². The maximum Gasteiger partial charge on any atom is 0.274 e. The lowest BCUT2D eigenvalue weighted by molar-refractivity contribution is 0.0778. The van der Waals surface area contributed by atoms with E-state index in [1.807, 2.05) is 4.90 Å². The number of rotatable bonds is 4. The summed E-state index contributed by atoms with van der Waals surface area (Å²) in [5, 5.41) is 0.436. The largest absolute Gasteiger partial charge is 0.341 e. The first-order valence-corrected chi connectivity index (χ1v) is 8.69. The molecule has 8 heteroatoms. The number of hydrogen-bond acceptors (Lipinski definition) is 4. The Morgan fingerprint density at radius 3 is 2.68 bits per heavy atom. The van der Waals surface area contributed by atoms with Gasteiger partial charge < -0.3 is 9.80 Å². The SMILES string of the molecule is CN(Cc1c(F)cccc1Cl)C(=O)c1nc(N2CCCC2)ncc1Cl. The Kier molecular flexibility index (Phi) is 5.39. The summed E-state index contributed by atoms with van der Waals surface area (Å²) in [6.45, 7) is 1.73. The van der Waals surface area contributed by atoms with Crippen molar-refractivity contribution in [2.75, 3.05) is 25.0 Å². The molecule has 0 spiro atoms. The Morgan fingerprint density at radius 2 is 2.00 bits per heavy atom. The van der Waals surface area contributed by atoms with E-state index in [0.717, 1.165) is 25.9 Å². The summed E-state index contributed by atoms with van der Waals surface area (Å²) in [5.74, 6) is -0.381. The Labute approximate surface area is 155 Å². The zero-order valence-electron chi connectivity index (χ0n) is 13.7. The number of amides is 1. The molecule has 1 amide bonds. The third-order valence-corrected chi connectivity index (χ3v) is 4.76. The van der Waals surface area contributed by atoms with E-state index in [1.165, 1.54) is 23.2 Å². The standard InChI is InChI=1S/C17H17Cl2FN4O/c1-23(10-11-12(18)5-4-6-14(11)20)16(25)15-13(19)9-21-17(22-15)24-7-2-3-8-24/h4-6,9H,2-3,7-8,10H2,1H3. The fourth-order valence-corrected chi connectivity index (χ4v) is 3.15. The molecule has 0 radical (unpaired) electrons. The van der Waals surface area contributed by atoms with Gasteiger partial charge in [-0.05, 0) is 25.0 Å². The molecule has 1 aliphatic heterocycles. The molecule has 0 unspecified atom stereocenters. The summed E-state index contributed by atoms with van der Waals surface area (Å²) in [6.07, 6.45) is 3.57. The zero-order chi connectivity index (χ0) is 18.0. The number of benzene rings is 1. The number of nitrogens with zero attached hydrogens (tertiary/aromatic N) is 4. The van der Waals surface area contributed by atoms with Gasteiger partial charge in [-0.15, -0.1) is 0 Å². The summed E-state index contributed by atoms with van der Waals surface area (Å²) in [4.78, 5) is 24.6. The number of carbonyl (C=O) groups excluding carboxylic acids is 1. The van der Waals surface area contributed by atoms with Crippen LogP contribution in [0.2, 0.25) is 10.0 Å². The fraction of sp³-hybridized carbons (Fsp3) is 0.353. The molecule has 1 saturated heterocycles. The molecular formula is C17H17Cl2FN4O. The summed E-state index contributed by atoms with van der Waals surface area (Å²) >= 11 is 12.1. The first-order valence-electron chi connectivity index (χ1n) is 7.93. The zero-order valence-corrected chi connectivity index (χ0v) is 15.2. The van der Waals surface area contributed by atoms with Crippen LogP contribution in [0.15, 0.2) is 24.4 Å². The lowest BCUT2D eigenvalue weighted by Crippen LogP contribution is -2.29. The van der Waals surface area contributed by atoms with Gasteiger partial charge in [0.05, 0.1) is 17.8 Å². The van der Waals surface area contributed by atoms with Crippen LogP contribution in [0, 0.1) is 5.82 Å². The molecule has 1 aromatic heterocycles. The van der Waals surface area contributed by atoms with Crippen molar-refractivity contribution in [3.8, 4) is 0 Å². The van der Waals surface area contributed by atoms with Gasteiger partial charge in [-0.25, -0.2) is 14.4 Å². The van der Waals surface area contributed by atoms with Crippen LogP contribution in [0.25, 0.3) is 0 Å². The van der Waals surface area contributed by atoms with Crippen molar-refractivity contribution in [3.05, 3.63) is 51.5 Å². The topological polar surface area (TPSA) is 49.3 Å². The molecular weight excluding hydrogens is 366 g/mol. The average Bonchev–Trinajstić information content (AvgIpc) is 3.12. The number of aromatic nitrogens is 2. The molecule has 1 aromatic carbocycles. The molecule has 3 rings (SSSR count). The summed E-state index contributed by atoms with van der Waals surface area (Å²) < 4.78 is 13.9. The third kappa shape index (κ3) is 3.85. The van der Waals surface area contributed by atoms with Crippen molar-refractivity contribution in [3.63, 3.8) is 0 Å². The summed E-state index contributed by atoms with van der Waals surface area (Å²) in [7, 11) is 1.55. The van der Waals surface area contributed by atoms with E-state index in [-0.39, 0.29) is 27.8 Å². The van der Waals surface area contributed by atoms with E-state index < -0.39 is 11.7 Å². The van der Waals surface area contributed by atoms with Crippen LogP contribution in [0.3, 0.4) is 0 Å². The molecule has 1 fully saturated rings. The monoisotopic (exact) mass is 382 g/mol. The van der Waals surface area contributed by atoms with E-state index >= 15 is 0 Å². The molecule has 1 aliphatic rings. The van der Waals surface area contributed by atoms with Gasteiger partial charge in [-0.1, -0.05) is 29.3 Å². The highest BCUT2D eigenvalue weighted by Crippen LogP contribution is 2.23. The Morgan fingerprint density at radius 1 is 1.28 bits per heavy atom. The molecule has 5 nitrogen and oxygen atoms in total. The van der Waals surface area contributed by atoms with E-state index in [4.69, 9.17) is 23.2 Å². The van der Waals surface area contributed by atoms with Crippen molar-refractivity contribution in [2.24, 2.45) is 0 Å². The summed E-state index contributed by atoms with van der Waals surface area (Å²) in [6, 6.07) is 4.41. The van der Waals surface area contributed by atoms with Crippen LogP contribution in [0.4, 0.5) is 10.3 Å². The second-order valence-electron chi connectivity index (χ2n) is 5.92. The lowest BCUT2D eigenvalue weighted by Gasteiger charge is -2.20. The second-order valence-corrected chi connectivity index (χ2v) is 6.74. The maximum atomic E-state index is 13.9. The van der Waals surface area contributed by atoms with Crippen molar-refractivity contribution < 1.29 is 9.18 Å². The highest BCUT2D eigenvalue weighted by Gasteiger charge is 2.23. The minimum absolute atomic E-state index is 0.0176. The molecule has 2 aromatic rings. The minimum atomic E-state index is -0.460. The van der Waals surface area contributed by atoms with Crippen LogP contribution in [0.5, 0.6) is 0 Å². The first-order chi connectivity index (χ1) is 12.0. The minimum Gasteiger partial charge on any atom is -0.341 e. The van der Waals surface area contributed by atoms with Gasteiger partial charge in [0.15, 0.2) is 5.69 Å². The smallest absolute Gasteiger partial charge is 0.274 e. The molecule has 0 aliphatic carbocycles. The summed E-state index contributed by atoms with van der Waals surface area (Å²) in [5.41, 5.74) is 0.360. The number of hydrogen-bond donors (Lipinski definition) is 0. The molecule has 2 heterocycles. The average molecular weight is 383 g/mol. The molecule has 0 N–H and O–H groups in total. The molecule has 0 bridgehead atoms. The van der Waals surface area contributed by atoms with Gasteiger partial charge in [-0.2, -0.15) is 0 Å². The van der Waals surface area contributed by atoms with E-state index in [0.29, 0.717) is 5.95 Å². The predicted molar refractivity (Wildman–Crippen MR) is 95.7 cm³/mol. The lowest BCUT2D eigenvalue weighted by atomic mass is 10.2. The Bertz CT molecular complexity index is 776. The molecule has 132 valence electrons. The fourth-order valence-electron chi connectivity index (χ4n) is 2.75. The van der Waals surface area contributed by atoms with Gasteiger partial charge in [0, 0.05) is 30.7 Å². The first kappa shape index (κ1) is 17.9. The second kappa shape index (κ2) is 7.54. The van der Waals surface area contributed by atoms with Gasteiger partial charge in [0.25, 0.3) is 5.91 Å². The predicted octanol–water partition coefficient (Wildman–Crippen LogP) is 3.79. The van der Waals surface area contributed by atoms with E-state index in [1.54, 1.807) is 13.1 Å². The number of halogens is 3. The van der Waals surface area contributed by atoms with Gasteiger partial charge in [-0.3, -0.25) is 4.79 Å². The number of carbonyl (C=O) groups is 1. The molecule has 0 atom stereocenters. The molecule has 0 saturated carbocycles. The van der Waals surface area contributed by atoms with Crippen LogP contribution in [-0.2, 0) is 6.54 Å². The highest BCUT2D eigenvalue weighted by molar-refractivity contribution is 6.33. The van der Waals surface area contributed by atoms with Crippen LogP contribution < -0.4 is 4.90 Å². The van der Waals surface area contributed by atoms with Crippen molar-refractivity contribution in [1.82, 2.24) is 14.9 Å². The Balaban J connectivity index is 1.83.